The predicted molar refractivity (Wildman–Crippen MR) is 76.1 cm³/mol. The Morgan fingerprint density at radius 3 is 3.09 bits per heavy atom. The van der Waals surface area contributed by atoms with Gasteiger partial charge in [-0.1, -0.05) is 5.21 Å². The van der Waals surface area contributed by atoms with Crippen LogP contribution in [-0.2, 0) is 0 Å². The number of halogens is 1. The molecule has 2 aromatic heterocycles. The van der Waals surface area contributed by atoms with Crippen LogP contribution in [-0.4, -0.2) is 51.5 Å². The molecule has 1 amide bonds. The average Bonchev–Trinajstić information content (AvgIpc) is 3.19. The van der Waals surface area contributed by atoms with Gasteiger partial charge < -0.3 is 9.73 Å². The lowest BCUT2D eigenvalue weighted by molar-refractivity contribution is 0.0929. The van der Waals surface area contributed by atoms with Crippen LogP contribution < -0.4 is 5.32 Å². The van der Waals surface area contributed by atoms with Crippen LogP contribution in [0.4, 0.5) is 0 Å². The van der Waals surface area contributed by atoms with Crippen molar-refractivity contribution in [3.8, 4) is 6.07 Å². The van der Waals surface area contributed by atoms with Gasteiger partial charge in [0.2, 0.25) is 5.22 Å². The summed E-state index contributed by atoms with van der Waals surface area (Å²) < 4.78 is 6.63. The standard InChI is InChI=1S/C13H13ClN6O2/c14-12-9(1-6-22-12)13(21)17-10-7-19(4-2-15)8-11(10)20-5-3-16-18-20/h1,3,5-6,10-11H,4,7-8H2,(H,17,21)/t10-,11+/m1/s1. The van der Waals surface area contributed by atoms with E-state index in [0.29, 0.717) is 19.6 Å². The number of hydrogen-bond donors (Lipinski definition) is 1. The molecule has 1 N–H and O–H groups in total. The van der Waals surface area contributed by atoms with Gasteiger partial charge in [0.15, 0.2) is 0 Å². The molecule has 3 heterocycles. The lowest BCUT2D eigenvalue weighted by Gasteiger charge is -2.19. The number of nitrogens with one attached hydrogen (secondary N) is 1. The molecule has 1 fully saturated rings. The molecule has 0 unspecified atom stereocenters. The van der Waals surface area contributed by atoms with Crippen molar-refractivity contribution in [2.45, 2.75) is 12.1 Å². The molecule has 0 aromatic carbocycles. The molecular weight excluding hydrogens is 308 g/mol. The molecule has 0 spiro atoms. The fourth-order valence-electron chi connectivity index (χ4n) is 2.60. The van der Waals surface area contributed by atoms with E-state index in [1.807, 2.05) is 4.90 Å². The van der Waals surface area contributed by atoms with Crippen molar-refractivity contribution in [1.29, 1.82) is 5.26 Å². The summed E-state index contributed by atoms with van der Waals surface area (Å²) in [5, 5.41) is 19.6. The van der Waals surface area contributed by atoms with E-state index in [-0.39, 0.29) is 28.8 Å². The quantitative estimate of drug-likeness (QED) is 0.832. The molecule has 3 rings (SSSR count). The van der Waals surface area contributed by atoms with E-state index in [1.54, 1.807) is 17.1 Å². The zero-order valence-electron chi connectivity index (χ0n) is 11.5. The third-order valence-electron chi connectivity index (χ3n) is 3.62. The summed E-state index contributed by atoms with van der Waals surface area (Å²) in [6, 6.07) is 3.34. The van der Waals surface area contributed by atoms with E-state index < -0.39 is 0 Å². The van der Waals surface area contributed by atoms with Crippen molar-refractivity contribution >= 4 is 17.5 Å². The maximum Gasteiger partial charge on any atom is 0.256 e. The summed E-state index contributed by atoms with van der Waals surface area (Å²) >= 11 is 5.83. The van der Waals surface area contributed by atoms with Crippen molar-refractivity contribution in [3.63, 3.8) is 0 Å². The number of amides is 1. The molecule has 0 aliphatic carbocycles. The minimum Gasteiger partial charge on any atom is -0.452 e. The normalized spacial score (nSPS) is 21.6. The molecule has 2 atom stereocenters. The molecule has 9 heteroatoms. The Balaban J connectivity index is 1.76. The van der Waals surface area contributed by atoms with Crippen molar-refractivity contribution in [2.24, 2.45) is 0 Å². The maximum absolute atomic E-state index is 12.3. The molecule has 1 aliphatic rings. The monoisotopic (exact) mass is 320 g/mol. The van der Waals surface area contributed by atoms with Gasteiger partial charge in [-0.3, -0.25) is 9.69 Å². The first-order valence-electron chi connectivity index (χ1n) is 6.68. The van der Waals surface area contributed by atoms with Crippen molar-refractivity contribution < 1.29 is 9.21 Å². The van der Waals surface area contributed by atoms with Gasteiger partial charge in [0.25, 0.3) is 5.91 Å². The molecule has 8 nitrogen and oxygen atoms in total. The van der Waals surface area contributed by atoms with Crippen LogP contribution in [0, 0.1) is 11.3 Å². The van der Waals surface area contributed by atoms with Crippen LogP contribution in [0.3, 0.4) is 0 Å². The smallest absolute Gasteiger partial charge is 0.256 e. The number of hydrogen-bond acceptors (Lipinski definition) is 6. The van der Waals surface area contributed by atoms with E-state index >= 15 is 0 Å². The van der Waals surface area contributed by atoms with Gasteiger partial charge in [0.05, 0.1) is 42.7 Å². The van der Waals surface area contributed by atoms with Crippen LogP contribution in [0.25, 0.3) is 0 Å². The molecule has 2 aromatic rings. The summed E-state index contributed by atoms with van der Waals surface area (Å²) in [7, 11) is 0. The minimum absolute atomic E-state index is 0.0571. The Bertz CT molecular complexity index is 692. The second-order valence-corrected chi connectivity index (χ2v) is 5.33. The third kappa shape index (κ3) is 2.81. The highest BCUT2D eigenvalue weighted by atomic mass is 35.5. The SMILES string of the molecule is N#CCN1C[C@@H](NC(=O)c2ccoc2Cl)[C@@H](n2ccnn2)C1. The second-order valence-electron chi connectivity index (χ2n) is 4.99. The third-order valence-corrected chi connectivity index (χ3v) is 3.91. The lowest BCUT2D eigenvalue weighted by Crippen LogP contribution is -2.41. The summed E-state index contributed by atoms with van der Waals surface area (Å²) in [4.78, 5) is 14.2. The van der Waals surface area contributed by atoms with Crippen LogP contribution in [0.15, 0.2) is 29.1 Å². The topological polar surface area (TPSA) is 100.0 Å². The fraction of sp³-hybridized carbons (Fsp3) is 0.385. The largest absolute Gasteiger partial charge is 0.452 e. The van der Waals surface area contributed by atoms with Crippen molar-refractivity contribution in [2.75, 3.05) is 19.6 Å². The van der Waals surface area contributed by atoms with Gasteiger partial charge in [-0.25, -0.2) is 4.68 Å². The van der Waals surface area contributed by atoms with E-state index in [1.165, 1.54) is 12.3 Å². The first-order valence-corrected chi connectivity index (χ1v) is 7.06. The van der Waals surface area contributed by atoms with Crippen LogP contribution in [0.5, 0.6) is 0 Å². The van der Waals surface area contributed by atoms with Crippen molar-refractivity contribution in [1.82, 2.24) is 25.2 Å². The highest BCUT2D eigenvalue weighted by Gasteiger charge is 2.36. The van der Waals surface area contributed by atoms with E-state index in [0.717, 1.165) is 0 Å². The Kier molecular flexibility index (Phi) is 4.09. The summed E-state index contributed by atoms with van der Waals surface area (Å²) in [6.45, 7) is 1.46. The minimum atomic E-state index is -0.312. The van der Waals surface area contributed by atoms with Crippen molar-refractivity contribution in [3.05, 3.63) is 35.5 Å². The van der Waals surface area contributed by atoms with Gasteiger partial charge >= 0.3 is 0 Å². The van der Waals surface area contributed by atoms with Crippen LogP contribution in [0.1, 0.15) is 16.4 Å². The summed E-state index contributed by atoms with van der Waals surface area (Å²) in [6.07, 6.45) is 4.69. The number of nitrogens with zero attached hydrogens (tertiary/aromatic N) is 5. The number of rotatable bonds is 4. The van der Waals surface area contributed by atoms with E-state index in [4.69, 9.17) is 21.3 Å². The second kappa shape index (κ2) is 6.17. The zero-order valence-corrected chi connectivity index (χ0v) is 12.3. The first kappa shape index (κ1) is 14.6. The van der Waals surface area contributed by atoms with Gasteiger partial charge in [-0.05, 0) is 17.7 Å². The molecule has 1 aliphatic heterocycles. The number of likely N-dealkylation sites (tertiary alicyclic amines) is 1. The molecular formula is C13H13ClN6O2. The maximum atomic E-state index is 12.3. The molecule has 0 bridgehead atoms. The summed E-state index contributed by atoms with van der Waals surface area (Å²) in [5.74, 6) is -0.312. The average molecular weight is 321 g/mol. The fourth-order valence-corrected chi connectivity index (χ4v) is 2.80. The van der Waals surface area contributed by atoms with Crippen LogP contribution in [0.2, 0.25) is 5.22 Å². The molecule has 0 saturated carbocycles. The van der Waals surface area contributed by atoms with Gasteiger partial charge in [-0.2, -0.15) is 5.26 Å². The molecule has 22 heavy (non-hydrogen) atoms. The Hall–Kier alpha value is -2.37. The number of carbonyl (C=O) groups is 1. The Labute approximate surface area is 131 Å². The first-order chi connectivity index (χ1) is 10.7. The zero-order chi connectivity index (χ0) is 15.5. The molecule has 1 saturated heterocycles. The Morgan fingerprint density at radius 1 is 1.59 bits per heavy atom. The van der Waals surface area contributed by atoms with Gasteiger partial charge in [0.1, 0.15) is 0 Å². The van der Waals surface area contributed by atoms with Gasteiger partial charge in [-0.15, -0.1) is 5.10 Å². The molecule has 114 valence electrons. The van der Waals surface area contributed by atoms with Gasteiger partial charge in [0, 0.05) is 19.3 Å². The van der Waals surface area contributed by atoms with E-state index in [2.05, 4.69) is 21.7 Å². The van der Waals surface area contributed by atoms with E-state index in [9.17, 15) is 4.79 Å². The number of carbonyl (C=O) groups excluding carboxylic acids is 1. The number of aromatic nitrogens is 3. The number of nitriles is 1. The lowest BCUT2D eigenvalue weighted by atomic mass is 10.1. The predicted octanol–water partition coefficient (Wildman–Crippen LogP) is 0.703. The number of furan rings is 1. The highest BCUT2D eigenvalue weighted by Crippen LogP contribution is 2.23. The Morgan fingerprint density at radius 2 is 2.45 bits per heavy atom. The summed E-state index contributed by atoms with van der Waals surface area (Å²) in [5.41, 5.74) is 0.290. The highest BCUT2D eigenvalue weighted by molar-refractivity contribution is 6.32. The molecule has 0 radical (unpaired) electrons. The van der Waals surface area contributed by atoms with Crippen LogP contribution >= 0.6 is 11.6 Å².